The fraction of sp³-hybridized carbons (Fsp3) is 0.200. The zero-order valence-electron chi connectivity index (χ0n) is 14.5. The Kier molecular flexibility index (Phi) is 7.51. The van der Waals surface area contributed by atoms with E-state index in [9.17, 15) is 4.39 Å². The van der Waals surface area contributed by atoms with E-state index >= 15 is 0 Å². The number of aryl methyl sites for hydroxylation is 1. The fourth-order valence-electron chi connectivity index (χ4n) is 2.33. The van der Waals surface area contributed by atoms with Gasteiger partial charge in [0.05, 0.1) is 5.56 Å². The Hall–Kier alpha value is -2.99. The number of aromatic nitrogens is 2. The third-order valence-electron chi connectivity index (χ3n) is 3.72. The first kappa shape index (κ1) is 19.3. The van der Waals surface area contributed by atoms with E-state index in [1.54, 1.807) is 12.3 Å². The van der Waals surface area contributed by atoms with Crippen LogP contribution in [-0.4, -0.2) is 21.6 Å². The molecular formula is C20H22FN3O2. The van der Waals surface area contributed by atoms with E-state index in [0.717, 1.165) is 11.3 Å². The van der Waals surface area contributed by atoms with Gasteiger partial charge >= 0.3 is 0 Å². The minimum atomic E-state index is -0.182. The van der Waals surface area contributed by atoms with Crippen molar-refractivity contribution in [1.29, 1.82) is 0 Å². The van der Waals surface area contributed by atoms with Crippen LogP contribution in [0.3, 0.4) is 0 Å². The first-order valence-corrected chi connectivity index (χ1v) is 8.30. The van der Waals surface area contributed by atoms with Gasteiger partial charge in [0.2, 0.25) is 6.41 Å². The summed E-state index contributed by atoms with van der Waals surface area (Å²) in [5.74, 6) is 1.01. The number of hydrogen-bond donors (Lipinski definition) is 3. The lowest BCUT2D eigenvalue weighted by Crippen LogP contribution is -1.99. The van der Waals surface area contributed by atoms with Gasteiger partial charge in [-0.05, 0) is 43.4 Å². The number of rotatable bonds is 3. The summed E-state index contributed by atoms with van der Waals surface area (Å²) in [6.45, 7) is 1.91. The Morgan fingerprint density at radius 3 is 2.15 bits per heavy atom. The molecule has 0 radical (unpaired) electrons. The van der Waals surface area contributed by atoms with Gasteiger partial charge in [-0.15, -0.1) is 0 Å². The summed E-state index contributed by atoms with van der Waals surface area (Å²) in [7, 11) is 0. The number of amides is 1. The largest absolute Gasteiger partial charge is 0.342 e. The minimum Gasteiger partial charge on any atom is -0.342 e. The summed E-state index contributed by atoms with van der Waals surface area (Å²) in [5, 5.41) is 7.26. The van der Waals surface area contributed by atoms with Crippen LogP contribution >= 0.6 is 0 Å². The number of nitrogens with zero attached hydrogens (tertiary/aromatic N) is 1. The molecule has 1 aliphatic rings. The van der Waals surface area contributed by atoms with Gasteiger partial charge in [-0.2, -0.15) is 0 Å². The molecule has 2 aromatic carbocycles. The molecule has 0 aliphatic heterocycles. The number of imidazole rings is 1. The highest BCUT2D eigenvalue weighted by Crippen LogP contribution is 2.40. The van der Waals surface area contributed by atoms with Crippen LogP contribution < -0.4 is 5.48 Å². The average Bonchev–Trinajstić information content (AvgIpc) is 3.45. The van der Waals surface area contributed by atoms with Crippen molar-refractivity contribution in [1.82, 2.24) is 15.4 Å². The summed E-state index contributed by atoms with van der Waals surface area (Å²) < 4.78 is 13.9. The van der Waals surface area contributed by atoms with Crippen LogP contribution in [0.15, 0.2) is 60.8 Å². The summed E-state index contributed by atoms with van der Waals surface area (Å²) in [6.07, 6.45) is 4.28. The van der Waals surface area contributed by atoms with Gasteiger partial charge in [0.15, 0.2) is 0 Å². The van der Waals surface area contributed by atoms with Crippen molar-refractivity contribution in [3.63, 3.8) is 0 Å². The molecule has 0 unspecified atom stereocenters. The van der Waals surface area contributed by atoms with Crippen LogP contribution in [-0.2, 0) is 4.79 Å². The van der Waals surface area contributed by atoms with Crippen LogP contribution in [0.2, 0.25) is 0 Å². The minimum absolute atomic E-state index is 0.181. The fourth-order valence-corrected chi connectivity index (χ4v) is 2.33. The van der Waals surface area contributed by atoms with E-state index in [-0.39, 0.29) is 12.2 Å². The van der Waals surface area contributed by atoms with E-state index in [1.807, 2.05) is 55.5 Å². The molecule has 1 fully saturated rings. The molecule has 1 aliphatic carbocycles. The van der Waals surface area contributed by atoms with E-state index in [1.165, 1.54) is 18.3 Å². The lowest BCUT2D eigenvalue weighted by Gasteiger charge is -2.02. The Labute approximate surface area is 151 Å². The zero-order valence-corrected chi connectivity index (χ0v) is 14.5. The quantitative estimate of drug-likeness (QED) is 0.374. The number of hydroxylamine groups is 1. The van der Waals surface area contributed by atoms with Crippen LogP contribution in [0.1, 0.15) is 30.0 Å². The maximum Gasteiger partial charge on any atom is 0.230 e. The lowest BCUT2D eigenvalue weighted by molar-refractivity contribution is -0.116. The average molecular weight is 355 g/mol. The zero-order chi connectivity index (χ0) is 18.8. The van der Waals surface area contributed by atoms with Gasteiger partial charge in [0, 0.05) is 11.9 Å². The van der Waals surface area contributed by atoms with Crippen molar-refractivity contribution in [2.75, 3.05) is 0 Å². The number of halogens is 1. The third kappa shape index (κ3) is 6.14. The van der Waals surface area contributed by atoms with Gasteiger partial charge < -0.3 is 4.98 Å². The molecule has 4 rings (SSSR count). The highest BCUT2D eigenvalue weighted by atomic mass is 19.1. The summed E-state index contributed by atoms with van der Waals surface area (Å²) in [5.41, 5.74) is 3.86. The van der Waals surface area contributed by atoms with Crippen molar-refractivity contribution in [2.24, 2.45) is 0 Å². The maximum atomic E-state index is 13.9. The maximum absolute atomic E-state index is 13.9. The summed E-state index contributed by atoms with van der Waals surface area (Å²) in [4.78, 5) is 16.0. The highest BCUT2D eigenvalue weighted by Gasteiger charge is 2.24. The number of benzene rings is 2. The first-order chi connectivity index (χ1) is 12.7. The van der Waals surface area contributed by atoms with Crippen molar-refractivity contribution in [2.45, 2.75) is 25.7 Å². The molecule has 0 spiro atoms. The van der Waals surface area contributed by atoms with Gasteiger partial charge in [-0.1, -0.05) is 42.5 Å². The van der Waals surface area contributed by atoms with Crippen LogP contribution in [0.5, 0.6) is 0 Å². The second-order valence-corrected chi connectivity index (χ2v) is 5.83. The number of nitrogens with one attached hydrogen (secondary N) is 2. The number of carbonyl (C=O) groups excluding carboxylic acids is 1. The Morgan fingerprint density at radius 1 is 1.19 bits per heavy atom. The Morgan fingerprint density at radius 2 is 1.77 bits per heavy atom. The summed E-state index contributed by atoms with van der Waals surface area (Å²) >= 11 is 0. The number of aromatic amines is 1. The lowest BCUT2D eigenvalue weighted by atomic mass is 10.1. The first-order valence-electron chi connectivity index (χ1n) is 8.30. The standard InChI is InChI=1S/C13H13FN2.C6H6.CH3NO2/c1-8-7-15-13(16-8)11-5-4-10(6-12(11)14)9-2-3-9;1-2-4-6-5-3-1;3-1-2-4/h4-7,9H,2-3H2,1H3,(H,15,16);1-6H;1,4H,(H,2,3). The van der Waals surface area contributed by atoms with Gasteiger partial charge in [-0.25, -0.2) is 14.9 Å². The molecule has 0 atom stereocenters. The molecule has 3 aromatic rings. The molecule has 1 heterocycles. The molecular weight excluding hydrogens is 333 g/mol. The van der Waals surface area contributed by atoms with E-state index < -0.39 is 0 Å². The van der Waals surface area contributed by atoms with Crippen molar-refractivity contribution in [3.8, 4) is 11.4 Å². The highest BCUT2D eigenvalue weighted by molar-refractivity contribution is 5.57. The Balaban J connectivity index is 0.000000201. The van der Waals surface area contributed by atoms with Crippen molar-refractivity contribution < 1.29 is 14.4 Å². The normalized spacial score (nSPS) is 12.1. The molecule has 1 amide bonds. The van der Waals surface area contributed by atoms with E-state index in [4.69, 9.17) is 10.0 Å². The summed E-state index contributed by atoms with van der Waals surface area (Å²) in [6, 6.07) is 17.5. The molecule has 0 bridgehead atoms. The molecule has 6 heteroatoms. The van der Waals surface area contributed by atoms with E-state index in [0.29, 0.717) is 17.3 Å². The molecule has 1 saturated carbocycles. The SMILES string of the molecule is Cc1cnc(-c2ccc(C3CC3)cc2F)[nH]1.O=CNO.c1ccccc1. The molecule has 136 valence electrons. The third-order valence-corrected chi connectivity index (χ3v) is 3.72. The van der Waals surface area contributed by atoms with Crippen molar-refractivity contribution in [3.05, 3.63) is 77.9 Å². The molecule has 1 aromatic heterocycles. The van der Waals surface area contributed by atoms with Crippen LogP contribution in [0.4, 0.5) is 4.39 Å². The molecule has 0 saturated heterocycles. The number of H-pyrrole nitrogens is 1. The van der Waals surface area contributed by atoms with Gasteiger partial charge in [0.25, 0.3) is 0 Å². The molecule has 26 heavy (non-hydrogen) atoms. The topological polar surface area (TPSA) is 78.0 Å². The van der Waals surface area contributed by atoms with E-state index in [2.05, 4.69) is 9.97 Å². The second kappa shape index (κ2) is 10.1. The van der Waals surface area contributed by atoms with Gasteiger partial charge in [0.1, 0.15) is 11.6 Å². The van der Waals surface area contributed by atoms with Crippen LogP contribution in [0, 0.1) is 12.7 Å². The predicted octanol–water partition coefficient (Wildman–Crippen LogP) is 4.21. The Bertz CT molecular complexity index is 775. The number of carbonyl (C=O) groups is 1. The molecule has 5 nitrogen and oxygen atoms in total. The number of hydrogen-bond acceptors (Lipinski definition) is 3. The molecule has 3 N–H and O–H groups in total. The van der Waals surface area contributed by atoms with Crippen LogP contribution in [0.25, 0.3) is 11.4 Å². The second-order valence-electron chi connectivity index (χ2n) is 5.83. The smallest absolute Gasteiger partial charge is 0.230 e. The van der Waals surface area contributed by atoms with Gasteiger partial charge in [-0.3, -0.25) is 10.0 Å². The predicted molar refractivity (Wildman–Crippen MR) is 98.1 cm³/mol. The van der Waals surface area contributed by atoms with Crippen molar-refractivity contribution >= 4 is 6.41 Å². The monoisotopic (exact) mass is 355 g/mol.